The molecule has 3 aromatic heterocycles. The van der Waals surface area contributed by atoms with Gasteiger partial charge in [-0.25, -0.2) is 4.68 Å². The normalized spacial score (nSPS) is 11.7. The number of thiazole rings is 1. The van der Waals surface area contributed by atoms with Crippen LogP contribution in [0.4, 0.5) is 5.69 Å². The van der Waals surface area contributed by atoms with Crippen LogP contribution in [0.1, 0.15) is 12.5 Å². The highest BCUT2D eigenvalue weighted by Crippen LogP contribution is 2.29. The number of aromatic nitrogens is 5. The van der Waals surface area contributed by atoms with E-state index in [0.717, 1.165) is 17.0 Å². The average Bonchev–Trinajstić information content (AvgIpc) is 3.64. The molecule has 6 aromatic rings. The molecule has 12 heteroatoms. The predicted octanol–water partition coefficient (Wildman–Crippen LogP) is 4.05. The molecule has 11 nitrogen and oxygen atoms in total. The molecule has 3 heterocycles. The fourth-order valence-corrected chi connectivity index (χ4v) is 5.05. The number of para-hydroxylation sites is 2. The quantitative estimate of drug-likeness (QED) is 0.131. The van der Waals surface area contributed by atoms with E-state index < -0.39 is 10.9 Å². The van der Waals surface area contributed by atoms with Gasteiger partial charge in [0, 0.05) is 36.4 Å². The topological polar surface area (TPSA) is 135 Å². The maximum atomic E-state index is 13.3. The van der Waals surface area contributed by atoms with Gasteiger partial charge in [-0.05, 0) is 42.5 Å². The van der Waals surface area contributed by atoms with Gasteiger partial charge < -0.3 is 4.74 Å². The molecule has 0 atom stereocenters. The van der Waals surface area contributed by atoms with Crippen molar-refractivity contribution in [2.45, 2.75) is 6.92 Å². The Morgan fingerprint density at radius 1 is 1.00 bits per heavy atom. The van der Waals surface area contributed by atoms with Gasteiger partial charge in [0.05, 0.1) is 20.7 Å². The first-order valence-electron chi connectivity index (χ1n) is 12.0. The van der Waals surface area contributed by atoms with E-state index in [1.165, 1.54) is 23.6 Å². The Morgan fingerprint density at radius 2 is 1.73 bits per heavy atom. The van der Waals surface area contributed by atoms with Crippen LogP contribution in [0.15, 0.2) is 89.9 Å². The molecule has 6 rings (SSSR count). The molecule has 0 amide bonds. The largest absolute Gasteiger partial charge is 0.426 e. The first-order chi connectivity index (χ1) is 19.4. The molecule has 0 aliphatic rings. The SMILES string of the molecule is CC(=O)Oc1ccccc1-c1nc2sc(=Cc3cn(-c4ccccc4)nc3-c3ccc([N+](=O)[O-])cc3)c(=O)n2n1. The Hall–Kier alpha value is -5.49. The molecule has 40 heavy (non-hydrogen) atoms. The maximum Gasteiger partial charge on any atom is 0.308 e. The van der Waals surface area contributed by atoms with E-state index in [-0.39, 0.29) is 17.1 Å². The number of ether oxygens (including phenoxy) is 1. The van der Waals surface area contributed by atoms with Gasteiger partial charge in [0.2, 0.25) is 4.96 Å². The summed E-state index contributed by atoms with van der Waals surface area (Å²) in [4.78, 5) is 40.4. The van der Waals surface area contributed by atoms with Crippen LogP contribution in [-0.4, -0.2) is 35.3 Å². The van der Waals surface area contributed by atoms with Gasteiger partial charge in [0.25, 0.3) is 11.2 Å². The number of rotatable bonds is 6. The fraction of sp³-hybridized carbons (Fsp3) is 0.0357. The van der Waals surface area contributed by atoms with Crippen molar-refractivity contribution in [1.29, 1.82) is 0 Å². The summed E-state index contributed by atoms with van der Waals surface area (Å²) in [5.74, 6) is 0.0820. The van der Waals surface area contributed by atoms with Crippen LogP contribution in [0.5, 0.6) is 5.75 Å². The molecule has 0 aliphatic heterocycles. The van der Waals surface area contributed by atoms with Crippen LogP contribution in [0, 0.1) is 10.1 Å². The molecular weight excluding hydrogens is 532 g/mol. The van der Waals surface area contributed by atoms with Gasteiger partial charge in [-0.3, -0.25) is 19.7 Å². The summed E-state index contributed by atoms with van der Waals surface area (Å²) in [5, 5.41) is 20.2. The van der Waals surface area contributed by atoms with Crippen molar-refractivity contribution in [3.63, 3.8) is 0 Å². The molecule has 196 valence electrons. The summed E-state index contributed by atoms with van der Waals surface area (Å²) in [5.41, 5.74) is 2.74. The highest BCUT2D eigenvalue weighted by Gasteiger charge is 2.18. The number of hydrogen-bond acceptors (Lipinski definition) is 9. The summed E-state index contributed by atoms with van der Waals surface area (Å²) in [6.45, 7) is 1.30. The molecule has 0 fully saturated rings. The number of esters is 1. The third kappa shape index (κ3) is 4.63. The number of benzene rings is 3. The summed E-state index contributed by atoms with van der Waals surface area (Å²) in [7, 11) is 0. The van der Waals surface area contributed by atoms with Crippen LogP contribution in [0.2, 0.25) is 0 Å². The van der Waals surface area contributed by atoms with Gasteiger partial charge in [-0.2, -0.15) is 14.6 Å². The second kappa shape index (κ2) is 10.0. The third-order valence-corrected chi connectivity index (χ3v) is 6.92. The van der Waals surface area contributed by atoms with Gasteiger partial charge >= 0.3 is 5.97 Å². The van der Waals surface area contributed by atoms with Crippen molar-refractivity contribution >= 4 is 34.0 Å². The Bertz CT molecular complexity index is 2010. The number of nitro benzene ring substituents is 1. The smallest absolute Gasteiger partial charge is 0.308 e. The zero-order valence-electron chi connectivity index (χ0n) is 20.8. The predicted molar refractivity (Wildman–Crippen MR) is 148 cm³/mol. The van der Waals surface area contributed by atoms with Crippen molar-refractivity contribution in [3.05, 3.63) is 116 Å². The Kier molecular flexibility index (Phi) is 6.21. The number of non-ortho nitro benzene ring substituents is 1. The first-order valence-corrected chi connectivity index (χ1v) is 12.8. The van der Waals surface area contributed by atoms with Gasteiger partial charge in [-0.1, -0.05) is 41.7 Å². The van der Waals surface area contributed by atoms with Gasteiger partial charge in [0.15, 0.2) is 5.82 Å². The molecule has 0 N–H and O–H groups in total. The molecule has 0 radical (unpaired) electrons. The number of nitrogens with zero attached hydrogens (tertiary/aromatic N) is 6. The Balaban J connectivity index is 1.46. The van der Waals surface area contributed by atoms with Crippen molar-refractivity contribution in [2.75, 3.05) is 0 Å². The number of carbonyl (C=O) groups excluding carboxylic acids is 1. The van der Waals surface area contributed by atoms with E-state index in [1.54, 1.807) is 53.4 Å². The second-order valence-electron chi connectivity index (χ2n) is 8.65. The molecule has 3 aromatic carbocycles. The van der Waals surface area contributed by atoms with Crippen molar-refractivity contribution < 1.29 is 14.5 Å². The fourth-order valence-electron chi connectivity index (χ4n) is 4.16. The first kappa shape index (κ1) is 24.8. The monoisotopic (exact) mass is 550 g/mol. The van der Waals surface area contributed by atoms with Crippen LogP contribution in [0.3, 0.4) is 0 Å². The molecule has 0 saturated carbocycles. The minimum Gasteiger partial charge on any atom is -0.426 e. The summed E-state index contributed by atoms with van der Waals surface area (Å²) >= 11 is 1.16. The Labute approximate surface area is 229 Å². The lowest BCUT2D eigenvalue weighted by Gasteiger charge is -2.04. The van der Waals surface area contributed by atoms with Crippen LogP contribution >= 0.6 is 11.3 Å². The highest BCUT2D eigenvalue weighted by molar-refractivity contribution is 7.15. The zero-order chi connectivity index (χ0) is 27.8. The Morgan fingerprint density at radius 3 is 2.42 bits per heavy atom. The number of carbonyl (C=O) groups is 1. The number of fused-ring (bicyclic) bond motifs is 1. The second-order valence-corrected chi connectivity index (χ2v) is 9.66. The molecular formula is C28H18N6O5S. The highest BCUT2D eigenvalue weighted by atomic mass is 32.1. The average molecular weight is 551 g/mol. The van der Waals surface area contributed by atoms with E-state index in [2.05, 4.69) is 10.1 Å². The van der Waals surface area contributed by atoms with E-state index in [4.69, 9.17) is 9.84 Å². The molecule has 0 aliphatic carbocycles. The van der Waals surface area contributed by atoms with Crippen molar-refractivity contribution in [1.82, 2.24) is 24.4 Å². The lowest BCUT2D eigenvalue weighted by Crippen LogP contribution is -2.23. The van der Waals surface area contributed by atoms with Crippen LogP contribution in [-0.2, 0) is 4.79 Å². The van der Waals surface area contributed by atoms with E-state index in [9.17, 15) is 19.7 Å². The molecule has 0 spiro atoms. The maximum absolute atomic E-state index is 13.3. The molecule has 0 saturated heterocycles. The van der Waals surface area contributed by atoms with Crippen molar-refractivity contribution in [3.8, 4) is 34.1 Å². The lowest BCUT2D eigenvalue weighted by atomic mass is 10.1. The van der Waals surface area contributed by atoms with Crippen molar-refractivity contribution in [2.24, 2.45) is 0 Å². The van der Waals surface area contributed by atoms with E-state index in [1.807, 2.05) is 30.3 Å². The van der Waals surface area contributed by atoms with Gasteiger partial charge in [0.1, 0.15) is 11.4 Å². The minimum atomic E-state index is -0.477. The number of hydrogen-bond donors (Lipinski definition) is 0. The zero-order valence-corrected chi connectivity index (χ0v) is 21.6. The summed E-state index contributed by atoms with van der Waals surface area (Å²) in [6, 6.07) is 22.4. The summed E-state index contributed by atoms with van der Waals surface area (Å²) < 4.78 is 8.54. The van der Waals surface area contributed by atoms with Crippen LogP contribution in [0.25, 0.3) is 39.4 Å². The number of nitro groups is 1. The molecule has 0 bridgehead atoms. The van der Waals surface area contributed by atoms with Crippen LogP contribution < -0.4 is 14.8 Å². The van der Waals surface area contributed by atoms with E-state index >= 15 is 0 Å². The molecule has 0 unspecified atom stereocenters. The standard InChI is InChI=1S/C28H18N6O5S/c1-17(35)39-23-10-6-5-9-22(23)26-29-28-33(31-26)27(36)24(40-28)15-19-16-32(20-7-3-2-4-8-20)30-25(19)18-11-13-21(14-12-18)34(37)38/h2-16H,1H3. The summed E-state index contributed by atoms with van der Waals surface area (Å²) in [6.07, 6.45) is 3.50. The van der Waals surface area contributed by atoms with Gasteiger partial charge in [-0.15, -0.1) is 5.10 Å². The third-order valence-electron chi connectivity index (χ3n) is 5.96. The lowest BCUT2D eigenvalue weighted by molar-refractivity contribution is -0.384. The minimum absolute atomic E-state index is 0.0322. The van der Waals surface area contributed by atoms with E-state index in [0.29, 0.717) is 37.6 Å².